The van der Waals surface area contributed by atoms with E-state index in [9.17, 15) is 8.78 Å². The van der Waals surface area contributed by atoms with Gasteiger partial charge in [-0.2, -0.15) is 0 Å². The Morgan fingerprint density at radius 2 is 1.71 bits per heavy atom. The van der Waals surface area contributed by atoms with Crippen LogP contribution in [0.15, 0.2) is 34.8 Å². The van der Waals surface area contributed by atoms with Crippen molar-refractivity contribution >= 4 is 21.6 Å². The van der Waals surface area contributed by atoms with Gasteiger partial charge in [-0.05, 0) is 55.0 Å². The second-order valence-electron chi connectivity index (χ2n) is 5.49. The first-order valence-electron chi connectivity index (χ1n) is 7.07. The van der Waals surface area contributed by atoms with Gasteiger partial charge in [0.05, 0.1) is 0 Å². The molecule has 0 fully saturated rings. The third kappa shape index (κ3) is 2.95. The first-order chi connectivity index (χ1) is 10.0. The van der Waals surface area contributed by atoms with Crippen LogP contribution in [0, 0.1) is 11.6 Å². The molecule has 2 aromatic carbocycles. The zero-order valence-corrected chi connectivity index (χ0v) is 13.3. The van der Waals surface area contributed by atoms with Crippen LogP contribution in [-0.4, -0.2) is 0 Å². The van der Waals surface area contributed by atoms with E-state index < -0.39 is 11.6 Å². The van der Waals surface area contributed by atoms with Crippen LogP contribution in [0.1, 0.15) is 36.1 Å². The number of anilines is 1. The molecule has 21 heavy (non-hydrogen) atoms. The van der Waals surface area contributed by atoms with Crippen molar-refractivity contribution in [3.63, 3.8) is 0 Å². The average molecular weight is 352 g/mol. The molecule has 1 unspecified atom stereocenters. The lowest BCUT2D eigenvalue weighted by molar-refractivity contribution is 0.583. The number of hydrogen-bond acceptors (Lipinski definition) is 1. The quantitative estimate of drug-likeness (QED) is 0.781. The highest BCUT2D eigenvalue weighted by Crippen LogP contribution is 2.30. The summed E-state index contributed by atoms with van der Waals surface area (Å²) in [5.41, 5.74) is 3.73. The van der Waals surface area contributed by atoms with Crippen molar-refractivity contribution in [2.24, 2.45) is 0 Å². The number of rotatable bonds is 3. The lowest BCUT2D eigenvalue weighted by Crippen LogP contribution is -2.10. The summed E-state index contributed by atoms with van der Waals surface area (Å²) >= 11 is 3.08. The first-order valence-corrected chi connectivity index (χ1v) is 7.86. The van der Waals surface area contributed by atoms with E-state index in [1.165, 1.54) is 29.7 Å². The highest BCUT2D eigenvalue weighted by atomic mass is 79.9. The van der Waals surface area contributed by atoms with E-state index in [1.54, 1.807) is 0 Å². The Kier molecular flexibility index (Phi) is 3.98. The van der Waals surface area contributed by atoms with Crippen molar-refractivity contribution in [2.45, 2.75) is 32.2 Å². The van der Waals surface area contributed by atoms with Crippen LogP contribution in [0.25, 0.3) is 0 Å². The Bertz CT molecular complexity index is 661. The largest absolute Gasteiger partial charge is 0.374 e. The van der Waals surface area contributed by atoms with E-state index in [-0.39, 0.29) is 11.7 Å². The van der Waals surface area contributed by atoms with Crippen LogP contribution in [-0.2, 0) is 12.8 Å². The molecular weight excluding hydrogens is 336 g/mol. The fourth-order valence-electron chi connectivity index (χ4n) is 2.84. The van der Waals surface area contributed by atoms with Gasteiger partial charge in [0.1, 0.15) is 17.3 Å². The van der Waals surface area contributed by atoms with E-state index in [0.29, 0.717) is 4.47 Å². The molecule has 0 aliphatic heterocycles. The molecule has 4 heteroatoms. The maximum absolute atomic E-state index is 13.9. The molecular formula is C17H16BrF2N. The molecule has 0 saturated heterocycles. The topological polar surface area (TPSA) is 12.0 Å². The second kappa shape index (κ2) is 5.76. The van der Waals surface area contributed by atoms with Gasteiger partial charge in [0.15, 0.2) is 0 Å². The molecule has 1 nitrogen and oxygen atoms in total. The molecule has 110 valence electrons. The highest BCUT2D eigenvalue weighted by Gasteiger charge is 2.16. The monoisotopic (exact) mass is 351 g/mol. The summed E-state index contributed by atoms with van der Waals surface area (Å²) in [5, 5.41) is 2.94. The number of nitrogens with one attached hydrogen (secondary N) is 1. The number of fused-ring (bicyclic) bond motifs is 1. The van der Waals surface area contributed by atoms with E-state index in [4.69, 9.17) is 0 Å². The van der Waals surface area contributed by atoms with E-state index >= 15 is 0 Å². The summed E-state index contributed by atoms with van der Waals surface area (Å²) in [6.45, 7) is 1.91. The third-order valence-corrected chi connectivity index (χ3v) is 4.45. The Morgan fingerprint density at radius 1 is 1.05 bits per heavy atom. The van der Waals surface area contributed by atoms with E-state index in [2.05, 4.69) is 33.4 Å². The molecule has 0 saturated carbocycles. The van der Waals surface area contributed by atoms with Gasteiger partial charge in [-0.1, -0.05) is 34.1 Å². The Labute approximate surface area is 131 Å². The molecule has 1 atom stereocenters. The van der Waals surface area contributed by atoms with Gasteiger partial charge in [0.25, 0.3) is 0 Å². The van der Waals surface area contributed by atoms with Crippen molar-refractivity contribution in [1.29, 1.82) is 0 Å². The molecule has 1 aliphatic rings. The van der Waals surface area contributed by atoms with Crippen molar-refractivity contribution in [1.82, 2.24) is 0 Å². The van der Waals surface area contributed by atoms with Crippen molar-refractivity contribution < 1.29 is 8.78 Å². The molecule has 0 amide bonds. The molecule has 0 spiro atoms. The highest BCUT2D eigenvalue weighted by molar-refractivity contribution is 9.10. The SMILES string of the molecule is CC(Nc1c(F)cc(Br)cc1F)c1ccc2c(c1)CCC2. The maximum Gasteiger partial charge on any atom is 0.150 e. The van der Waals surface area contributed by atoms with E-state index in [0.717, 1.165) is 18.4 Å². The predicted molar refractivity (Wildman–Crippen MR) is 84.6 cm³/mol. The Morgan fingerprint density at radius 3 is 2.43 bits per heavy atom. The van der Waals surface area contributed by atoms with Gasteiger partial charge in [0.2, 0.25) is 0 Å². The molecule has 1 N–H and O–H groups in total. The van der Waals surface area contributed by atoms with Gasteiger partial charge in [-0.15, -0.1) is 0 Å². The van der Waals surface area contributed by atoms with Crippen LogP contribution < -0.4 is 5.32 Å². The number of halogens is 3. The minimum absolute atomic E-state index is 0.0776. The fourth-order valence-corrected chi connectivity index (χ4v) is 3.24. The first kappa shape index (κ1) is 14.5. The van der Waals surface area contributed by atoms with Crippen molar-refractivity contribution in [3.8, 4) is 0 Å². The molecule has 3 rings (SSSR count). The maximum atomic E-state index is 13.9. The summed E-state index contributed by atoms with van der Waals surface area (Å²) in [6.07, 6.45) is 3.42. The normalized spacial score (nSPS) is 14.9. The molecule has 0 heterocycles. The molecule has 0 radical (unpaired) electrons. The van der Waals surface area contributed by atoms with Gasteiger partial charge in [0, 0.05) is 10.5 Å². The van der Waals surface area contributed by atoms with Crippen LogP contribution in [0.4, 0.5) is 14.5 Å². The zero-order valence-electron chi connectivity index (χ0n) is 11.7. The van der Waals surface area contributed by atoms with Gasteiger partial charge >= 0.3 is 0 Å². The zero-order chi connectivity index (χ0) is 15.0. The summed E-state index contributed by atoms with van der Waals surface area (Å²) in [4.78, 5) is 0. The number of benzene rings is 2. The van der Waals surface area contributed by atoms with Crippen molar-refractivity contribution in [3.05, 3.63) is 63.1 Å². The average Bonchev–Trinajstić information content (AvgIpc) is 2.89. The molecule has 0 bridgehead atoms. The van der Waals surface area contributed by atoms with Crippen LogP contribution in [0.3, 0.4) is 0 Å². The molecule has 0 aromatic heterocycles. The summed E-state index contributed by atoms with van der Waals surface area (Å²) in [7, 11) is 0. The second-order valence-corrected chi connectivity index (χ2v) is 6.41. The minimum Gasteiger partial charge on any atom is -0.374 e. The van der Waals surface area contributed by atoms with Gasteiger partial charge in [-0.25, -0.2) is 8.78 Å². The van der Waals surface area contributed by atoms with Gasteiger partial charge in [-0.3, -0.25) is 0 Å². The Balaban J connectivity index is 1.85. The summed E-state index contributed by atoms with van der Waals surface area (Å²) in [6, 6.07) is 8.69. The van der Waals surface area contributed by atoms with Crippen LogP contribution in [0.2, 0.25) is 0 Å². The van der Waals surface area contributed by atoms with E-state index in [1.807, 2.05) is 13.0 Å². The smallest absolute Gasteiger partial charge is 0.150 e. The third-order valence-electron chi connectivity index (χ3n) is 3.99. The van der Waals surface area contributed by atoms with Gasteiger partial charge < -0.3 is 5.32 Å². The fraction of sp³-hybridized carbons (Fsp3) is 0.294. The van der Waals surface area contributed by atoms with Crippen LogP contribution in [0.5, 0.6) is 0 Å². The van der Waals surface area contributed by atoms with Crippen molar-refractivity contribution in [2.75, 3.05) is 5.32 Å². The minimum atomic E-state index is -0.588. The standard InChI is InChI=1S/C17H16BrF2N/c1-10(12-6-5-11-3-2-4-13(11)7-12)21-17-15(19)8-14(18)9-16(17)20/h5-10,21H,2-4H2,1H3. The molecule has 1 aliphatic carbocycles. The lowest BCUT2D eigenvalue weighted by Gasteiger charge is -2.18. The summed E-state index contributed by atoms with van der Waals surface area (Å²) in [5.74, 6) is -1.18. The van der Waals surface area contributed by atoms with Crippen LogP contribution >= 0.6 is 15.9 Å². The number of aryl methyl sites for hydroxylation is 2. The summed E-state index contributed by atoms with van der Waals surface area (Å²) < 4.78 is 28.1. The lowest BCUT2D eigenvalue weighted by atomic mass is 10.0. The molecule has 2 aromatic rings. The Hall–Kier alpha value is -1.42. The predicted octanol–water partition coefficient (Wildman–Crippen LogP) is 5.39. The number of hydrogen-bond donors (Lipinski definition) is 1.